The van der Waals surface area contributed by atoms with Crippen LogP contribution in [0.3, 0.4) is 0 Å². The molecule has 0 bridgehead atoms. The zero-order chi connectivity index (χ0) is 21.0. The van der Waals surface area contributed by atoms with E-state index in [2.05, 4.69) is 27.9 Å². The number of rotatable bonds is 6. The Morgan fingerprint density at radius 2 is 1.59 bits per heavy atom. The van der Waals surface area contributed by atoms with Gasteiger partial charge >= 0.3 is 0 Å². The van der Waals surface area contributed by atoms with Crippen molar-refractivity contribution in [1.82, 2.24) is 0 Å². The van der Waals surface area contributed by atoms with Gasteiger partial charge in [-0.25, -0.2) is 8.42 Å². The molecule has 3 rings (SSSR count). The van der Waals surface area contributed by atoms with E-state index in [4.69, 9.17) is 23.2 Å². The van der Waals surface area contributed by atoms with Gasteiger partial charge in [0, 0.05) is 9.26 Å². The van der Waals surface area contributed by atoms with Crippen LogP contribution in [0.1, 0.15) is 0 Å². The minimum atomic E-state index is -4.06. The summed E-state index contributed by atoms with van der Waals surface area (Å²) in [5.74, 6) is -0.512. The SMILES string of the molecule is O=C(CN(c1cccc(Cl)c1Cl)S(=O)(=O)c1ccccc1)Nc1ccc(I)cc1. The molecule has 1 amide bonds. The molecule has 1 N–H and O–H groups in total. The summed E-state index contributed by atoms with van der Waals surface area (Å²) in [5, 5.41) is 2.94. The van der Waals surface area contributed by atoms with Crippen molar-refractivity contribution in [2.45, 2.75) is 4.90 Å². The summed E-state index contributed by atoms with van der Waals surface area (Å²) in [6.07, 6.45) is 0. The minimum absolute atomic E-state index is 0.0399. The first-order valence-electron chi connectivity index (χ1n) is 8.36. The van der Waals surface area contributed by atoms with Crippen LogP contribution in [-0.4, -0.2) is 20.9 Å². The van der Waals surface area contributed by atoms with Crippen LogP contribution in [0.15, 0.2) is 77.7 Å². The fourth-order valence-corrected chi connectivity index (χ4v) is 4.83. The summed E-state index contributed by atoms with van der Waals surface area (Å²) in [4.78, 5) is 12.7. The summed E-state index contributed by atoms with van der Waals surface area (Å²) in [6.45, 7) is -0.469. The normalized spacial score (nSPS) is 11.1. The number of hydrogen-bond donors (Lipinski definition) is 1. The summed E-state index contributed by atoms with van der Waals surface area (Å²) in [7, 11) is -4.06. The van der Waals surface area contributed by atoms with Gasteiger partial charge in [-0.15, -0.1) is 0 Å². The number of carbonyl (C=O) groups is 1. The first-order valence-corrected chi connectivity index (χ1v) is 11.6. The van der Waals surface area contributed by atoms with Crippen molar-refractivity contribution in [3.05, 3.63) is 86.4 Å². The van der Waals surface area contributed by atoms with E-state index in [1.54, 1.807) is 42.5 Å². The van der Waals surface area contributed by atoms with Crippen LogP contribution in [0.5, 0.6) is 0 Å². The lowest BCUT2D eigenvalue weighted by molar-refractivity contribution is -0.114. The number of halogens is 3. The number of anilines is 2. The molecule has 3 aromatic rings. The van der Waals surface area contributed by atoms with E-state index in [0.29, 0.717) is 5.69 Å². The van der Waals surface area contributed by atoms with Gasteiger partial charge in [0.2, 0.25) is 5.91 Å². The Morgan fingerprint density at radius 1 is 0.931 bits per heavy atom. The van der Waals surface area contributed by atoms with Crippen molar-refractivity contribution in [2.24, 2.45) is 0 Å². The second-order valence-corrected chi connectivity index (χ2v) is 9.85. The monoisotopic (exact) mass is 560 g/mol. The van der Waals surface area contributed by atoms with Crippen molar-refractivity contribution in [1.29, 1.82) is 0 Å². The Labute approximate surface area is 192 Å². The molecule has 0 heterocycles. The summed E-state index contributed by atoms with van der Waals surface area (Å²) in [6, 6.07) is 19.6. The molecular weight excluding hydrogens is 546 g/mol. The van der Waals surface area contributed by atoms with E-state index in [1.807, 2.05) is 12.1 Å². The molecule has 3 aromatic carbocycles. The van der Waals surface area contributed by atoms with Crippen LogP contribution >= 0.6 is 45.8 Å². The molecule has 0 spiro atoms. The number of hydrogen-bond acceptors (Lipinski definition) is 3. The highest BCUT2D eigenvalue weighted by Crippen LogP contribution is 2.35. The van der Waals surface area contributed by atoms with E-state index in [9.17, 15) is 13.2 Å². The van der Waals surface area contributed by atoms with Crippen LogP contribution < -0.4 is 9.62 Å². The van der Waals surface area contributed by atoms with Crippen molar-refractivity contribution in [2.75, 3.05) is 16.2 Å². The Hall–Kier alpha value is -1.81. The predicted molar refractivity (Wildman–Crippen MR) is 125 cm³/mol. The maximum atomic E-state index is 13.3. The number of carbonyl (C=O) groups excluding carboxylic acids is 1. The van der Waals surface area contributed by atoms with E-state index >= 15 is 0 Å². The summed E-state index contributed by atoms with van der Waals surface area (Å²) >= 11 is 14.5. The van der Waals surface area contributed by atoms with Gasteiger partial charge in [-0.1, -0.05) is 47.5 Å². The highest BCUT2D eigenvalue weighted by atomic mass is 127. The second kappa shape index (κ2) is 9.34. The molecule has 0 saturated carbocycles. The first-order chi connectivity index (χ1) is 13.8. The topological polar surface area (TPSA) is 66.5 Å². The zero-order valence-electron chi connectivity index (χ0n) is 14.8. The maximum absolute atomic E-state index is 13.3. The van der Waals surface area contributed by atoms with E-state index in [0.717, 1.165) is 7.88 Å². The molecule has 0 aliphatic carbocycles. The Morgan fingerprint density at radius 3 is 2.24 bits per heavy atom. The molecule has 0 atom stereocenters. The van der Waals surface area contributed by atoms with Crippen LogP contribution in [0, 0.1) is 3.57 Å². The van der Waals surface area contributed by atoms with Crippen LogP contribution in [-0.2, 0) is 14.8 Å². The van der Waals surface area contributed by atoms with Crippen molar-refractivity contribution in [3.8, 4) is 0 Å². The molecule has 0 unspecified atom stereocenters. The number of sulfonamides is 1. The fraction of sp³-hybridized carbons (Fsp3) is 0.0500. The lowest BCUT2D eigenvalue weighted by atomic mass is 10.3. The molecule has 0 aromatic heterocycles. The largest absolute Gasteiger partial charge is 0.325 e. The Kier molecular flexibility index (Phi) is 7.05. The van der Waals surface area contributed by atoms with Crippen LogP contribution in [0.4, 0.5) is 11.4 Å². The zero-order valence-corrected chi connectivity index (χ0v) is 19.3. The van der Waals surface area contributed by atoms with Gasteiger partial charge in [0.15, 0.2) is 0 Å². The van der Waals surface area contributed by atoms with E-state index in [-0.39, 0.29) is 20.6 Å². The third-order valence-electron chi connectivity index (χ3n) is 3.95. The van der Waals surface area contributed by atoms with Gasteiger partial charge in [0.1, 0.15) is 6.54 Å². The summed E-state index contributed by atoms with van der Waals surface area (Å²) in [5.41, 5.74) is 0.686. The second-order valence-electron chi connectivity index (χ2n) is 5.95. The molecule has 9 heteroatoms. The highest BCUT2D eigenvalue weighted by molar-refractivity contribution is 14.1. The Balaban J connectivity index is 1.98. The summed E-state index contributed by atoms with van der Waals surface area (Å²) < 4.78 is 28.5. The third kappa shape index (κ3) is 5.22. The van der Waals surface area contributed by atoms with Crippen molar-refractivity contribution in [3.63, 3.8) is 0 Å². The molecular formula is C20H15Cl2IN2O3S. The molecule has 0 aliphatic rings. The lowest BCUT2D eigenvalue weighted by Crippen LogP contribution is -2.38. The third-order valence-corrected chi connectivity index (χ3v) is 7.25. The van der Waals surface area contributed by atoms with Gasteiger partial charge in [-0.05, 0) is 71.1 Å². The van der Waals surface area contributed by atoms with Crippen LogP contribution in [0.25, 0.3) is 0 Å². The predicted octanol–water partition coefficient (Wildman–Crippen LogP) is 5.43. The average molecular weight is 561 g/mol. The molecule has 29 heavy (non-hydrogen) atoms. The van der Waals surface area contributed by atoms with Crippen molar-refractivity contribution < 1.29 is 13.2 Å². The van der Waals surface area contributed by atoms with Gasteiger partial charge < -0.3 is 5.32 Å². The van der Waals surface area contributed by atoms with E-state index < -0.39 is 22.5 Å². The average Bonchev–Trinajstić information content (AvgIpc) is 2.71. The molecule has 0 saturated heterocycles. The number of nitrogens with one attached hydrogen (secondary N) is 1. The molecule has 0 radical (unpaired) electrons. The lowest BCUT2D eigenvalue weighted by Gasteiger charge is -2.25. The quantitative estimate of drug-likeness (QED) is 0.409. The van der Waals surface area contributed by atoms with Crippen LogP contribution in [0.2, 0.25) is 10.0 Å². The standard InChI is InChI=1S/C20H15Cl2IN2O3S/c21-17-7-4-8-18(20(17)22)25(29(27,28)16-5-2-1-3-6-16)13-19(26)24-15-11-9-14(23)10-12-15/h1-12H,13H2,(H,24,26). The number of nitrogens with zero attached hydrogens (tertiary/aromatic N) is 1. The minimum Gasteiger partial charge on any atom is -0.325 e. The van der Waals surface area contributed by atoms with Crippen molar-refractivity contribution >= 4 is 73.1 Å². The highest BCUT2D eigenvalue weighted by Gasteiger charge is 2.29. The van der Waals surface area contributed by atoms with Gasteiger partial charge in [-0.3, -0.25) is 9.10 Å². The Bertz CT molecular complexity index is 1120. The molecule has 150 valence electrons. The smallest absolute Gasteiger partial charge is 0.264 e. The first kappa shape index (κ1) is 21.9. The number of benzene rings is 3. The number of amides is 1. The van der Waals surface area contributed by atoms with Gasteiger partial charge in [-0.2, -0.15) is 0 Å². The van der Waals surface area contributed by atoms with Gasteiger partial charge in [0.25, 0.3) is 10.0 Å². The fourth-order valence-electron chi connectivity index (χ4n) is 2.57. The maximum Gasteiger partial charge on any atom is 0.264 e. The molecule has 0 fully saturated rings. The molecule has 0 aliphatic heterocycles. The molecule has 5 nitrogen and oxygen atoms in total. The van der Waals surface area contributed by atoms with E-state index in [1.165, 1.54) is 18.2 Å². The van der Waals surface area contributed by atoms with Gasteiger partial charge in [0.05, 0.1) is 20.6 Å².